The minimum atomic E-state index is -3.01. The van der Waals surface area contributed by atoms with E-state index in [1.54, 1.807) is 22.9 Å². The minimum Gasteiger partial charge on any atom is -0.497 e. The highest BCUT2D eigenvalue weighted by Crippen LogP contribution is 2.26. The van der Waals surface area contributed by atoms with Crippen LogP contribution in [0.25, 0.3) is 0 Å². The maximum absolute atomic E-state index is 12.4. The predicted molar refractivity (Wildman–Crippen MR) is 109 cm³/mol. The van der Waals surface area contributed by atoms with Crippen molar-refractivity contribution in [3.05, 3.63) is 40.7 Å². The fourth-order valence-corrected chi connectivity index (χ4v) is 5.04. The third kappa shape index (κ3) is 4.58. The number of nitrogens with zero attached hydrogens (tertiary/aromatic N) is 3. The number of hydrogen-bond donors (Lipinski definition) is 1. The Morgan fingerprint density at radius 1 is 1.24 bits per heavy atom. The van der Waals surface area contributed by atoms with Crippen molar-refractivity contribution in [2.45, 2.75) is 26.3 Å². The molecule has 1 aliphatic heterocycles. The predicted octanol–water partition coefficient (Wildman–Crippen LogP) is 1.64. The van der Waals surface area contributed by atoms with Gasteiger partial charge in [0.1, 0.15) is 11.5 Å². The van der Waals surface area contributed by atoms with E-state index in [0.717, 1.165) is 11.3 Å². The van der Waals surface area contributed by atoms with Gasteiger partial charge in [-0.15, -0.1) is 0 Å². The van der Waals surface area contributed by atoms with E-state index in [-0.39, 0.29) is 17.5 Å². The number of methoxy groups -OCH3 is 2. The number of hydrazone groups is 1. The molecule has 0 spiro atoms. The molecule has 10 heteroatoms. The highest BCUT2D eigenvalue weighted by Gasteiger charge is 2.31. The number of ether oxygens (including phenoxy) is 2. The first kappa shape index (κ1) is 20.8. The molecule has 0 bridgehead atoms. The lowest BCUT2D eigenvalue weighted by molar-refractivity contribution is 0.0954. The molecule has 0 saturated carbocycles. The van der Waals surface area contributed by atoms with Crippen molar-refractivity contribution >= 4 is 22.0 Å². The van der Waals surface area contributed by atoms with Crippen molar-refractivity contribution in [2.75, 3.05) is 25.7 Å². The number of aryl methyl sites for hydroxylation is 1. The molecule has 1 aromatic carbocycles. The summed E-state index contributed by atoms with van der Waals surface area (Å²) in [5, 5.41) is 8.52. The van der Waals surface area contributed by atoms with E-state index in [9.17, 15) is 13.2 Å². The third-order valence-electron chi connectivity index (χ3n) is 4.91. The number of carbonyl (C=O) groups excluding carboxylic acids is 1. The van der Waals surface area contributed by atoms with E-state index in [0.29, 0.717) is 29.2 Å². The van der Waals surface area contributed by atoms with E-state index in [4.69, 9.17) is 9.47 Å². The Bertz CT molecular complexity index is 1040. The number of amides is 1. The molecule has 1 aliphatic rings. The van der Waals surface area contributed by atoms with Gasteiger partial charge in [0.2, 0.25) is 0 Å². The Morgan fingerprint density at radius 3 is 2.45 bits per heavy atom. The Kier molecular flexibility index (Phi) is 5.92. The summed E-state index contributed by atoms with van der Waals surface area (Å²) in [6.45, 7) is 3.68. The van der Waals surface area contributed by atoms with E-state index in [2.05, 4.69) is 15.6 Å². The standard InChI is InChI=1S/C19H24N4O5S/c1-12-18(13(2)23(22-12)15-5-6-29(25,26)11-15)10-20-21-19(24)14-7-16(27-3)9-17(8-14)28-4/h7-10,15H,5-6,11H2,1-4H3,(H,21,24)/b20-10-/t15-/m0/s1. The molecule has 3 rings (SSSR count). The summed E-state index contributed by atoms with van der Waals surface area (Å²) in [5.41, 5.74) is 5.10. The topological polar surface area (TPSA) is 112 Å². The molecule has 0 radical (unpaired) electrons. The van der Waals surface area contributed by atoms with Gasteiger partial charge in [-0.05, 0) is 32.4 Å². The summed E-state index contributed by atoms with van der Waals surface area (Å²) in [6.07, 6.45) is 2.07. The molecule has 2 heterocycles. The number of hydrogen-bond acceptors (Lipinski definition) is 7. The molecule has 9 nitrogen and oxygen atoms in total. The second-order valence-corrected chi connectivity index (χ2v) is 9.12. The molecule has 29 heavy (non-hydrogen) atoms. The van der Waals surface area contributed by atoms with Crippen molar-refractivity contribution in [3.8, 4) is 11.5 Å². The fraction of sp³-hybridized carbons (Fsp3) is 0.421. The summed E-state index contributed by atoms with van der Waals surface area (Å²) in [5.74, 6) is 0.860. The average molecular weight is 420 g/mol. The highest BCUT2D eigenvalue weighted by molar-refractivity contribution is 7.91. The molecule has 0 aliphatic carbocycles. The number of benzene rings is 1. The molecule has 1 amide bonds. The molecule has 0 unspecified atom stereocenters. The summed E-state index contributed by atoms with van der Waals surface area (Å²) in [7, 11) is 0.00838. The first-order valence-electron chi connectivity index (χ1n) is 9.06. The molecular formula is C19H24N4O5S. The van der Waals surface area contributed by atoms with Gasteiger partial charge in [0.25, 0.3) is 5.91 Å². The van der Waals surface area contributed by atoms with Crippen molar-refractivity contribution < 1.29 is 22.7 Å². The van der Waals surface area contributed by atoms with Gasteiger partial charge in [-0.25, -0.2) is 13.8 Å². The number of nitrogens with one attached hydrogen (secondary N) is 1. The van der Waals surface area contributed by atoms with E-state index >= 15 is 0 Å². The lowest BCUT2D eigenvalue weighted by Gasteiger charge is -2.10. The Labute approximate surface area is 169 Å². The zero-order chi connectivity index (χ0) is 21.2. The Balaban J connectivity index is 1.75. The number of aromatic nitrogens is 2. The third-order valence-corrected chi connectivity index (χ3v) is 6.66. The molecule has 156 valence electrons. The molecule has 2 aromatic rings. The van der Waals surface area contributed by atoms with Crippen LogP contribution in [0.15, 0.2) is 23.3 Å². The van der Waals surface area contributed by atoms with Gasteiger partial charge in [0.05, 0.1) is 43.7 Å². The van der Waals surface area contributed by atoms with Crippen LogP contribution >= 0.6 is 0 Å². The van der Waals surface area contributed by atoms with E-state index in [1.165, 1.54) is 20.4 Å². The van der Waals surface area contributed by atoms with Crippen LogP contribution in [0.2, 0.25) is 0 Å². The van der Waals surface area contributed by atoms with Crippen LogP contribution in [0.1, 0.15) is 39.8 Å². The van der Waals surface area contributed by atoms with E-state index in [1.807, 2.05) is 13.8 Å². The largest absolute Gasteiger partial charge is 0.497 e. The van der Waals surface area contributed by atoms with Crippen molar-refractivity contribution in [1.29, 1.82) is 0 Å². The SMILES string of the molecule is COc1cc(OC)cc(C(=O)N/N=C\c2c(C)nn([C@H]3CCS(=O)(=O)C3)c2C)c1. The van der Waals surface area contributed by atoms with Crippen LogP contribution in [0.5, 0.6) is 11.5 Å². The van der Waals surface area contributed by atoms with Gasteiger partial charge in [-0.3, -0.25) is 9.48 Å². The summed E-state index contributed by atoms with van der Waals surface area (Å²) < 4.78 is 35.6. The van der Waals surface area contributed by atoms with Gasteiger partial charge in [-0.2, -0.15) is 10.2 Å². The molecule has 1 saturated heterocycles. The Hall–Kier alpha value is -2.88. The zero-order valence-corrected chi connectivity index (χ0v) is 17.6. The lowest BCUT2D eigenvalue weighted by atomic mass is 10.2. The minimum absolute atomic E-state index is 0.0972. The number of rotatable bonds is 6. The van der Waals surface area contributed by atoms with Gasteiger partial charge >= 0.3 is 0 Å². The van der Waals surface area contributed by atoms with Crippen LogP contribution in [-0.4, -0.2) is 56.0 Å². The van der Waals surface area contributed by atoms with E-state index < -0.39 is 15.7 Å². The number of sulfone groups is 1. The fourth-order valence-electron chi connectivity index (χ4n) is 3.34. The maximum Gasteiger partial charge on any atom is 0.271 e. The van der Waals surface area contributed by atoms with Crippen LogP contribution in [0, 0.1) is 13.8 Å². The monoisotopic (exact) mass is 420 g/mol. The van der Waals surface area contributed by atoms with Crippen LogP contribution in [0.3, 0.4) is 0 Å². The normalized spacial score (nSPS) is 18.1. The van der Waals surface area contributed by atoms with Crippen molar-refractivity contribution in [1.82, 2.24) is 15.2 Å². The summed E-state index contributed by atoms with van der Waals surface area (Å²) >= 11 is 0. The molecular weight excluding hydrogens is 396 g/mol. The van der Waals surface area contributed by atoms with Crippen LogP contribution in [0.4, 0.5) is 0 Å². The first-order chi connectivity index (χ1) is 13.7. The second-order valence-electron chi connectivity index (χ2n) is 6.89. The summed E-state index contributed by atoms with van der Waals surface area (Å²) in [6, 6.07) is 4.68. The smallest absolute Gasteiger partial charge is 0.271 e. The second kappa shape index (κ2) is 8.24. The van der Waals surface area contributed by atoms with Gasteiger partial charge in [0.15, 0.2) is 9.84 Å². The average Bonchev–Trinajstić information content (AvgIpc) is 3.20. The Morgan fingerprint density at radius 2 is 1.90 bits per heavy atom. The molecule has 1 fully saturated rings. The quantitative estimate of drug-likeness (QED) is 0.562. The first-order valence-corrected chi connectivity index (χ1v) is 10.9. The van der Waals surface area contributed by atoms with Gasteiger partial charge in [-0.1, -0.05) is 0 Å². The van der Waals surface area contributed by atoms with Crippen molar-refractivity contribution in [3.63, 3.8) is 0 Å². The number of carbonyl (C=O) groups is 1. The van der Waals surface area contributed by atoms with Crippen LogP contribution < -0.4 is 14.9 Å². The van der Waals surface area contributed by atoms with Crippen molar-refractivity contribution in [2.24, 2.45) is 5.10 Å². The molecule has 1 N–H and O–H groups in total. The summed E-state index contributed by atoms with van der Waals surface area (Å²) in [4.78, 5) is 12.4. The molecule has 1 aromatic heterocycles. The molecule has 1 atom stereocenters. The highest BCUT2D eigenvalue weighted by atomic mass is 32.2. The van der Waals surface area contributed by atoms with Crippen LogP contribution in [-0.2, 0) is 9.84 Å². The van der Waals surface area contributed by atoms with Gasteiger partial charge in [0, 0.05) is 22.9 Å². The van der Waals surface area contributed by atoms with Gasteiger partial charge < -0.3 is 9.47 Å². The maximum atomic E-state index is 12.4. The zero-order valence-electron chi connectivity index (χ0n) is 16.8. The lowest BCUT2D eigenvalue weighted by Crippen LogP contribution is -2.18.